The number of nitrogens with one attached hydrogen (secondary N) is 2. The molecule has 4 rings (SSSR count). The number of hydrogen-bond donors (Lipinski definition) is 2. The number of amides is 2. The molecule has 3 aromatic rings. The molecule has 0 aromatic heterocycles. The number of aryl methyl sites for hydroxylation is 1. The first kappa shape index (κ1) is 20.8. The average Bonchev–Trinajstić information content (AvgIpc) is 2.81. The molecule has 160 valence electrons. The summed E-state index contributed by atoms with van der Waals surface area (Å²) in [6.45, 7) is 3.77. The fraction of sp³-hybridized carbons (Fsp3) is 0.269. The van der Waals surface area contributed by atoms with Crippen molar-refractivity contribution in [3.8, 4) is 5.75 Å². The second-order valence-electron chi connectivity index (χ2n) is 8.02. The normalized spacial score (nSPS) is 18.3. The van der Waals surface area contributed by atoms with Gasteiger partial charge in [0.1, 0.15) is 5.75 Å². The van der Waals surface area contributed by atoms with Gasteiger partial charge in [0.15, 0.2) is 0 Å². The van der Waals surface area contributed by atoms with Gasteiger partial charge >= 0.3 is 6.03 Å². The lowest BCUT2D eigenvalue weighted by molar-refractivity contribution is 0.243. The Balaban J connectivity index is 1.51. The van der Waals surface area contributed by atoms with E-state index < -0.39 is 0 Å². The number of piperidine rings is 1. The second-order valence-corrected chi connectivity index (χ2v) is 8.02. The lowest BCUT2D eigenvalue weighted by Crippen LogP contribution is -2.50. The van der Waals surface area contributed by atoms with Crippen molar-refractivity contribution in [1.82, 2.24) is 5.32 Å². The van der Waals surface area contributed by atoms with Crippen LogP contribution in [-0.4, -0.2) is 32.3 Å². The number of carbonyl (C=O) groups is 1. The first-order chi connectivity index (χ1) is 15.1. The highest BCUT2D eigenvalue weighted by molar-refractivity contribution is 5.89. The maximum atomic E-state index is 12.7. The first-order valence-corrected chi connectivity index (χ1v) is 10.7. The number of rotatable bonds is 5. The monoisotopic (exact) mass is 415 g/mol. The van der Waals surface area contributed by atoms with Crippen molar-refractivity contribution >= 4 is 17.4 Å². The van der Waals surface area contributed by atoms with Crippen LogP contribution in [0.25, 0.3) is 0 Å². The molecular weight excluding hydrogens is 386 g/mol. The number of nitrogens with zero attached hydrogens (tertiary/aromatic N) is 1. The van der Waals surface area contributed by atoms with Crippen LogP contribution in [-0.2, 0) is 0 Å². The van der Waals surface area contributed by atoms with Gasteiger partial charge in [0, 0.05) is 36.4 Å². The van der Waals surface area contributed by atoms with Crippen molar-refractivity contribution in [1.29, 1.82) is 0 Å². The fourth-order valence-corrected chi connectivity index (χ4v) is 4.16. The van der Waals surface area contributed by atoms with E-state index in [-0.39, 0.29) is 18.0 Å². The van der Waals surface area contributed by atoms with Gasteiger partial charge in [-0.2, -0.15) is 0 Å². The molecule has 2 amide bonds. The number of hydrogen-bond acceptors (Lipinski definition) is 3. The zero-order valence-corrected chi connectivity index (χ0v) is 18.0. The lowest BCUT2D eigenvalue weighted by atomic mass is 9.85. The van der Waals surface area contributed by atoms with Gasteiger partial charge < -0.3 is 20.3 Å². The molecule has 0 radical (unpaired) electrons. The summed E-state index contributed by atoms with van der Waals surface area (Å²) in [6, 6.07) is 26.3. The molecule has 1 heterocycles. The van der Waals surface area contributed by atoms with Crippen LogP contribution in [0.4, 0.5) is 16.2 Å². The largest absolute Gasteiger partial charge is 0.497 e. The minimum absolute atomic E-state index is 0.0406. The molecule has 0 saturated carbocycles. The van der Waals surface area contributed by atoms with Gasteiger partial charge in [-0.05, 0) is 55.3 Å². The predicted octanol–water partition coefficient (Wildman–Crippen LogP) is 5.19. The van der Waals surface area contributed by atoms with E-state index in [1.807, 2.05) is 49.4 Å². The standard InChI is InChI=1S/C26H29N3O2/c1-19-8-12-21(13-9-19)27-26(30)28-25-16-17-29(22-6-4-3-5-7-22)18-24(25)20-10-14-23(31-2)15-11-20/h3-15,24-25H,16-18H2,1-2H3,(H2,27,28,30). The van der Waals surface area contributed by atoms with E-state index in [0.717, 1.165) is 30.9 Å². The van der Waals surface area contributed by atoms with Crippen LogP contribution < -0.4 is 20.3 Å². The van der Waals surface area contributed by atoms with Crippen molar-refractivity contribution in [2.45, 2.75) is 25.3 Å². The number of anilines is 2. The highest BCUT2D eigenvalue weighted by Crippen LogP contribution is 2.31. The van der Waals surface area contributed by atoms with E-state index in [4.69, 9.17) is 4.74 Å². The third-order valence-corrected chi connectivity index (χ3v) is 5.90. The molecule has 2 N–H and O–H groups in total. The molecular formula is C26H29N3O2. The molecule has 1 saturated heterocycles. The zero-order valence-electron chi connectivity index (χ0n) is 18.0. The van der Waals surface area contributed by atoms with Gasteiger partial charge in [-0.15, -0.1) is 0 Å². The molecule has 1 aliphatic rings. The summed E-state index contributed by atoms with van der Waals surface area (Å²) < 4.78 is 5.32. The van der Waals surface area contributed by atoms with Gasteiger partial charge in [0.05, 0.1) is 7.11 Å². The average molecular weight is 416 g/mol. The van der Waals surface area contributed by atoms with Gasteiger partial charge in [-0.1, -0.05) is 48.0 Å². The molecule has 3 aromatic carbocycles. The Hall–Kier alpha value is -3.47. The summed E-state index contributed by atoms with van der Waals surface area (Å²) in [5.41, 5.74) is 4.37. The number of carbonyl (C=O) groups excluding carboxylic acids is 1. The summed E-state index contributed by atoms with van der Waals surface area (Å²) >= 11 is 0. The Bertz CT molecular complexity index is 987. The van der Waals surface area contributed by atoms with Gasteiger partial charge in [-0.3, -0.25) is 0 Å². The molecule has 5 heteroatoms. The van der Waals surface area contributed by atoms with Crippen LogP contribution in [0.3, 0.4) is 0 Å². The van der Waals surface area contributed by atoms with Crippen LogP contribution in [0, 0.1) is 6.92 Å². The van der Waals surface area contributed by atoms with Crippen molar-refractivity contribution in [3.63, 3.8) is 0 Å². The van der Waals surface area contributed by atoms with E-state index in [1.54, 1.807) is 7.11 Å². The van der Waals surface area contributed by atoms with Crippen molar-refractivity contribution in [2.75, 3.05) is 30.4 Å². The number of para-hydroxylation sites is 1. The third kappa shape index (κ3) is 5.18. The first-order valence-electron chi connectivity index (χ1n) is 10.7. The molecule has 2 unspecified atom stereocenters. The number of benzene rings is 3. The van der Waals surface area contributed by atoms with Gasteiger partial charge in [0.2, 0.25) is 0 Å². The van der Waals surface area contributed by atoms with Crippen molar-refractivity contribution < 1.29 is 9.53 Å². The summed E-state index contributed by atoms with van der Waals surface area (Å²) in [4.78, 5) is 15.1. The highest BCUT2D eigenvalue weighted by Gasteiger charge is 2.31. The molecule has 5 nitrogen and oxygen atoms in total. The Labute approximate surface area is 184 Å². The quantitative estimate of drug-likeness (QED) is 0.603. The van der Waals surface area contributed by atoms with E-state index in [2.05, 4.69) is 51.9 Å². The summed E-state index contributed by atoms with van der Waals surface area (Å²) in [7, 11) is 1.67. The summed E-state index contributed by atoms with van der Waals surface area (Å²) in [6.07, 6.45) is 0.868. The van der Waals surface area contributed by atoms with E-state index in [9.17, 15) is 4.79 Å². The number of urea groups is 1. The molecule has 0 bridgehead atoms. The van der Waals surface area contributed by atoms with Gasteiger partial charge in [0.25, 0.3) is 0 Å². The molecule has 31 heavy (non-hydrogen) atoms. The number of methoxy groups -OCH3 is 1. The van der Waals surface area contributed by atoms with E-state index in [0.29, 0.717) is 0 Å². The second kappa shape index (κ2) is 9.56. The maximum absolute atomic E-state index is 12.7. The van der Waals surface area contributed by atoms with Crippen LogP contribution in [0.15, 0.2) is 78.9 Å². The SMILES string of the molecule is COc1ccc(C2CN(c3ccccc3)CCC2NC(=O)Nc2ccc(C)cc2)cc1. The van der Waals surface area contributed by atoms with E-state index in [1.165, 1.54) is 16.8 Å². The summed E-state index contributed by atoms with van der Waals surface area (Å²) in [5.74, 6) is 1.00. The Morgan fingerprint density at radius 2 is 1.68 bits per heavy atom. The van der Waals surface area contributed by atoms with Gasteiger partial charge in [-0.25, -0.2) is 4.79 Å². The Morgan fingerprint density at radius 1 is 0.968 bits per heavy atom. The lowest BCUT2D eigenvalue weighted by Gasteiger charge is -2.40. The maximum Gasteiger partial charge on any atom is 0.319 e. The molecule has 1 aliphatic heterocycles. The van der Waals surface area contributed by atoms with Crippen molar-refractivity contribution in [3.05, 3.63) is 90.0 Å². The fourth-order valence-electron chi connectivity index (χ4n) is 4.16. The summed E-state index contributed by atoms with van der Waals surface area (Å²) in [5, 5.41) is 6.19. The minimum Gasteiger partial charge on any atom is -0.497 e. The zero-order chi connectivity index (χ0) is 21.6. The Morgan fingerprint density at radius 3 is 2.35 bits per heavy atom. The van der Waals surface area contributed by atoms with Crippen LogP contribution in [0.1, 0.15) is 23.5 Å². The van der Waals surface area contributed by atoms with Crippen LogP contribution >= 0.6 is 0 Å². The van der Waals surface area contributed by atoms with Crippen LogP contribution in [0.5, 0.6) is 5.75 Å². The van der Waals surface area contributed by atoms with Crippen molar-refractivity contribution in [2.24, 2.45) is 0 Å². The Kier molecular flexibility index (Phi) is 6.41. The van der Waals surface area contributed by atoms with Crippen LogP contribution in [0.2, 0.25) is 0 Å². The third-order valence-electron chi connectivity index (χ3n) is 5.90. The topological polar surface area (TPSA) is 53.6 Å². The number of ether oxygens (including phenoxy) is 1. The smallest absolute Gasteiger partial charge is 0.319 e. The molecule has 0 spiro atoms. The molecule has 0 aliphatic carbocycles. The highest BCUT2D eigenvalue weighted by atomic mass is 16.5. The molecule has 1 fully saturated rings. The van der Waals surface area contributed by atoms with E-state index >= 15 is 0 Å². The predicted molar refractivity (Wildman–Crippen MR) is 126 cm³/mol. The minimum atomic E-state index is -0.166. The molecule has 2 atom stereocenters.